The second kappa shape index (κ2) is 3.38. The highest BCUT2D eigenvalue weighted by atomic mass is 16.5. The summed E-state index contributed by atoms with van der Waals surface area (Å²) in [5.74, 6) is 0.836. The van der Waals surface area contributed by atoms with Crippen LogP contribution in [0.3, 0.4) is 0 Å². The fraction of sp³-hybridized carbons (Fsp3) is 0.188. The Morgan fingerprint density at radius 2 is 2.00 bits per heavy atom. The monoisotopic (exact) mass is 251 g/mol. The first kappa shape index (κ1) is 10.6. The lowest BCUT2D eigenvalue weighted by atomic mass is 9.77. The van der Waals surface area contributed by atoms with Crippen molar-refractivity contribution in [2.24, 2.45) is 0 Å². The van der Waals surface area contributed by atoms with Crippen LogP contribution in [-0.2, 0) is 10.2 Å². The molecule has 0 aromatic heterocycles. The molecular formula is C16H13NO2. The fourth-order valence-corrected chi connectivity index (χ4v) is 3.09. The van der Waals surface area contributed by atoms with Gasteiger partial charge in [0.05, 0.1) is 0 Å². The molecule has 0 radical (unpaired) electrons. The molecule has 94 valence electrons. The number of carbonyl (C=O) groups is 1. The van der Waals surface area contributed by atoms with Crippen LogP contribution in [0.2, 0.25) is 0 Å². The first-order chi connectivity index (χ1) is 9.22. The smallest absolute Gasteiger partial charge is 0.243 e. The molecule has 0 saturated carbocycles. The Bertz CT molecular complexity index is 708. The second-order valence-electron chi connectivity index (χ2n) is 5.19. The van der Waals surface area contributed by atoms with E-state index in [0.717, 1.165) is 28.1 Å². The van der Waals surface area contributed by atoms with Crippen LogP contribution in [-0.4, -0.2) is 12.5 Å². The van der Waals surface area contributed by atoms with E-state index >= 15 is 0 Å². The molecule has 19 heavy (non-hydrogen) atoms. The van der Waals surface area contributed by atoms with E-state index in [4.69, 9.17) is 4.74 Å². The minimum atomic E-state index is -0.667. The molecule has 2 aromatic carbocycles. The minimum absolute atomic E-state index is 0.0105. The van der Waals surface area contributed by atoms with Gasteiger partial charge in [-0.3, -0.25) is 4.79 Å². The summed E-state index contributed by atoms with van der Waals surface area (Å²) >= 11 is 0. The molecule has 1 amide bonds. The van der Waals surface area contributed by atoms with E-state index in [1.807, 2.05) is 49.4 Å². The summed E-state index contributed by atoms with van der Waals surface area (Å²) in [7, 11) is 0. The van der Waals surface area contributed by atoms with Crippen LogP contribution in [0.25, 0.3) is 0 Å². The Balaban J connectivity index is 2.01. The van der Waals surface area contributed by atoms with Crippen LogP contribution in [0.15, 0.2) is 42.5 Å². The van der Waals surface area contributed by atoms with Crippen molar-refractivity contribution in [2.75, 3.05) is 11.9 Å². The fourth-order valence-electron chi connectivity index (χ4n) is 3.09. The predicted octanol–water partition coefficient (Wildman–Crippen LogP) is 2.63. The van der Waals surface area contributed by atoms with Crippen molar-refractivity contribution in [3.63, 3.8) is 0 Å². The van der Waals surface area contributed by atoms with Crippen molar-refractivity contribution >= 4 is 11.6 Å². The summed E-state index contributed by atoms with van der Waals surface area (Å²) in [6.07, 6.45) is 0. The molecule has 0 saturated heterocycles. The van der Waals surface area contributed by atoms with E-state index in [-0.39, 0.29) is 5.91 Å². The second-order valence-corrected chi connectivity index (χ2v) is 5.19. The largest absolute Gasteiger partial charge is 0.491 e. The number of para-hydroxylation sites is 1. The SMILES string of the molecule is Cc1ccc2c(c1)OCC21C(=O)Nc2ccccc21. The molecule has 2 aliphatic rings. The summed E-state index contributed by atoms with van der Waals surface area (Å²) in [5.41, 5.74) is 3.36. The molecule has 3 nitrogen and oxygen atoms in total. The molecular weight excluding hydrogens is 238 g/mol. The van der Waals surface area contributed by atoms with Gasteiger partial charge in [0.25, 0.3) is 0 Å². The molecule has 1 N–H and O–H groups in total. The highest BCUT2D eigenvalue weighted by molar-refractivity contribution is 6.09. The normalized spacial score (nSPS) is 22.9. The summed E-state index contributed by atoms with van der Waals surface area (Å²) in [6, 6.07) is 13.9. The van der Waals surface area contributed by atoms with Crippen molar-refractivity contribution in [2.45, 2.75) is 12.3 Å². The first-order valence-electron chi connectivity index (χ1n) is 6.37. The van der Waals surface area contributed by atoms with Gasteiger partial charge in [-0.25, -0.2) is 0 Å². The van der Waals surface area contributed by atoms with E-state index in [1.165, 1.54) is 0 Å². The number of nitrogens with one attached hydrogen (secondary N) is 1. The van der Waals surface area contributed by atoms with Gasteiger partial charge in [0.15, 0.2) is 0 Å². The van der Waals surface area contributed by atoms with Crippen molar-refractivity contribution in [1.82, 2.24) is 0 Å². The predicted molar refractivity (Wildman–Crippen MR) is 72.5 cm³/mol. The highest BCUT2D eigenvalue weighted by Gasteiger charge is 2.53. The van der Waals surface area contributed by atoms with Crippen molar-refractivity contribution < 1.29 is 9.53 Å². The van der Waals surface area contributed by atoms with Crippen LogP contribution >= 0.6 is 0 Å². The number of hydrogen-bond donors (Lipinski definition) is 1. The number of anilines is 1. The highest BCUT2D eigenvalue weighted by Crippen LogP contribution is 2.49. The minimum Gasteiger partial charge on any atom is -0.491 e. The van der Waals surface area contributed by atoms with Crippen LogP contribution in [0.1, 0.15) is 16.7 Å². The number of benzene rings is 2. The average Bonchev–Trinajstić information content (AvgIpc) is 2.91. The number of carbonyl (C=O) groups excluding carboxylic acids is 1. The molecule has 1 spiro atoms. The van der Waals surface area contributed by atoms with E-state index in [1.54, 1.807) is 0 Å². The van der Waals surface area contributed by atoms with E-state index in [9.17, 15) is 4.79 Å². The van der Waals surface area contributed by atoms with E-state index < -0.39 is 5.41 Å². The van der Waals surface area contributed by atoms with Gasteiger partial charge in [-0.1, -0.05) is 30.3 Å². The molecule has 0 aliphatic carbocycles. The summed E-state index contributed by atoms with van der Waals surface area (Å²) in [5, 5.41) is 2.97. The van der Waals surface area contributed by atoms with Crippen LogP contribution < -0.4 is 10.1 Å². The lowest BCUT2D eigenvalue weighted by molar-refractivity contribution is -0.119. The van der Waals surface area contributed by atoms with Gasteiger partial charge >= 0.3 is 0 Å². The Hall–Kier alpha value is -2.29. The van der Waals surface area contributed by atoms with Gasteiger partial charge in [0.1, 0.15) is 17.8 Å². The first-order valence-corrected chi connectivity index (χ1v) is 6.37. The molecule has 2 aromatic rings. The standard InChI is InChI=1S/C16H13NO2/c1-10-6-7-12-14(8-10)19-9-16(12)11-4-2-3-5-13(11)17-15(16)18/h2-8H,9H2,1H3,(H,17,18). The molecule has 0 bridgehead atoms. The average molecular weight is 251 g/mol. The third-order valence-electron chi connectivity index (χ3n) is 4.06. The Labute approximate surface area is 111 Å². The van der Waals surface area contributed by atoms with E-state index in [2.05, 4.69) is 5.32 Å². The number of ether oxygens (including phenoxy) is 1. The summed E-state index contributed by atoms with van der Waals surface area (Å²) in [6.45, 7) is 2.41. The molecule has 2 aliphatic heterocycles. The van der Waals surface area contributed by atoms with Gasteiger partial charge in [-0.15, -0.1) is 0 Å². The van der Waals surface area contributed by atoms with Gasteiger partial charge in [0, 0.05) is 11.3 Å². The maximum Gasteiger partial charge on any atom is 0.243 e. The molecule has 4 rings (SSSR count). The Morgan fingerprint density at radius 3 is 2.89 bits per heavy atom. The molecule has 1 atom stereocenters. The lowest BCUT2D eigenvalue weighted by Gasteiger charge is -2.19. The van der Waals surface area contributed by atoms with Crippen LogP contribution in [0.4, 0.5) is 5.69 Å². The molecule has 1 unspecified atom stereocenters. The van der Waals surface area contributed by atoms with Crippen molar-refractivity contribution in [1.29, 1.82) is 0 Å². The molecule has 2 heterocycles. The Kier molecular flexibility index (Phi) is 1.89. The number of amides is 1. The van der Waals surface area contributed by atoms with E-state index in [0.29, 0.717) is 6.61 Å². The number of hydrogen-bond acceptors (Lipinski definition) is 2. The zero-order chi connectivity index (χ0) is 13.0. The van der Waals surface area contributed by atoms with Crippen molar-refractivity contribution in [3.8, 4) is 5.75 Å². The summed E-state index contributed by atoms with van der Waals surface area (Å²) < 4.78 is 5.78. The van der Waals surface area contributed by atoms with Gasteiger partial charge in [-0.05, 0) is 30.2 Å². The Morgan fingerprint density at radius 1 is 1.16 bits per heavy atom. The lowest BCUT2D eigenvalue weighted by Crippen LogP contribution is -2.37. The zero-order valence-electron chi connectivity index (χ0n) is 10.6. The van der Waals surface area contributed by atoms with Crippen LogP contribution in [0, 0.1) is 6.92 Å². The summed E-state index contributed by atoms with van der Waals surface area (Å²) in [4.78, 5) is 12.5. The third-order valence-corrected chi connectivity index (χ3v) is 4.06. The molecule has 3 heteroatoms. The van der Waals surface area contributed by atoms with Gasteiger partial charge in [0.2, 0.25) is 5.91 Å². The number of fused-ring (bicyclic) bond motifs is 4. The quantitative estimate of drug-likeness (QED) is 0.781. The van der Waals surface area contributed by atoms with Gasteiger partial charge < -0.3 is 10.1 Å². The van der Waals surface area contributed by atoms with Gasteiger partial charge in [-0.2, -0.15) is 0 Å². The van der Waals surface area contributed by atoms with Crippen LogP contribution in [0.5, 0.6) is 5.75 Å². The zero-order valence-corrected chi connectivity index (χ0v) is 10.6. The topological polar surface area (TPSA) is 38.3 Å². The number of aryl methyl sites for hydroxylation is 1. The maximum absolute atomic E-state index is 12.5. The maximum atomic E-state index is 12.5. The number of rotatable bonds is 0. The third kappa shape index (κ3) is 1.19. The molecule has 0 fully saturated rings. The van der Waals surface area contributed by atoms with Crippen molar-refractivity contribution in [3.05, 3.63) is 59.2 Å².